The highest BCUT2D eigenvalue weighted by Gasteiger charge is 2.10. The van der Waals surface area contributed by atoms with Crippen molar-refractivity contribution < 1.29 is 13.2 Å². The number of benzene rings is 1. The number of ether oxygens (including phenoxy) is 1. The summed E-state index contributed by atoms with van der Waals surface area (Å²) in [6.45, 7) is 1.12. The van der Waals surface area contributed by atoms with E-state index in [1.54, 1.807) is 12.1 Å². The third kappa shape index (κ3) is 5.27. The predicted molar refractivity (Wildman–Crippen MR) is 66.8 cm³/mol. The maximum Gasteiger partial charge on any atom is 0.215 e. The minimum Gasteiger partial charge on any atom is -0.383 e. The number of nitrogens with two attached hydrogens (primary N) is 1. The third-order valence-corrected chi connectivity index (χ3v) is 3.60. The first-order valence-electron chi connectivity index (χ1n) is 5.31. The second-order valence-corrected chi connectivity index (χ2v) is 5.47. The van der Waals surface area contributed by atoms with Crippen molar-refractivity contribution in [2.45, 2.75) is 12.3 Å². The van der Waals surface area contributed by atoms with Crippen molar-refractivity contribution in [3.05, 3.63) is 35.4 Å². The molecule has 0 spiro atoms. The second kappa shape index (κ2) is 6.70. The normalized spacial score (nSPS) is 11.6. The zero-order chi connectivity index (χ0) is 12.7. The number of sulfonamides is 1. The Morgan fingerprint density at radius 1 is 1.24 bits per heavy atom. The summed E-state index contributed by atoms with van der Waals surface area (Å²) in [5, 5.41) is 0. The molecule has 0 fully saturated rings. The maximum absolute atomic E-state index is 11.6. The summed E-state index contributed by atoms with van der Waals surface area (Å²) in [5.74, 6) is -0.0262. The van der Waals surface area contributed by atoms with E-state index in [1.165, 1.54) is 7.11 Å². The quantitative estimate of drug-likeness (QED) is 0.685. The van der Waals surface area contributed by atoms with E-state index in [0.717, 1.165) is 11.1 Å². The average molecular weight is 258 g/mol. The van der Waals surface area contributed by atoms with Crippen molar-refractivity contribution in [3.8, 4) is 0 Å². The Hall–Kier alpha value is -0.950. The largest absolute Gasteiger partial charge is 0.383 e. The molecule has 0 radical (unpaired) electrons. The molecular formula is C11H18N2O3S. The lowest BCUT2D eigenvalue weighted by Crippen LogP contribution is -2.28. The van der Waals surface area contributed by atoms with Crippen molar-refractivity contribution in [1.82, 2.24) is 4.72 Å². The molecule has 0 bridgehead atoms. The summed E-state index contributed by atoms with van der Waals surface area (Å²) < 4.78 is 30.5. The molecule has 1 rings (SSSR count). The third-order valence-electron chi connectivity index (χ3n) is 2.24. The molecule has 0 aliphatic heterocycles. The summed E-state index contributed by atoms with van der Waals surface area (Å²) in [6, 6.07) is 7.22. The standard InChI is InChI=1S/C11H18N2O3S/c1-16-7-6-13-17(14,15)9-11-4-2-10(8-12)3-5-11/h2-5,13H,6-9,12H2,1H3. The van der Waals surface area contributed by atoms with Gasteiger partial charge in [-0.1, -0.05) is 24.3 Å². The van der Waals surface area contributed by atoms with Crippen LogP contribution in [0.1, 0.15) is 11.1 Å². The molecule has 0 saturated carbocycles. The Kier molecular flexibility index (Phi) is 5.57. The van der Waals surface area contributed by atoms with Crippen LogP contribution in [0.4, 0.5) is 0 Å². The molecule has 0 aliphatic rings. The molecule has 1 aromatic carbocycles. The van der Waals surface area contributed by atoms with Gasteiger partial charge in [0.25, 0.3) is 0 Å². The van der Waals surface area contributed by atoms with E-state index in [0.29, 0.717) is 19.7 Å². The number of methoxy groups -OCH3 is 1. The fourth-order valence-corrected chi connectivity index (χ4v) is 2.47. The van der Waals surface area contributed by atoms with Gasteiger partial charge in [-0.2, -0.15) is 0 Å². The molecule has 0 aromatic heterocycles. The van der Waals surface area contributed by atoms with Gasteiger partial charge in [0.2, 0.25) is 10.0 Å². The van der Waals surface area contributed by atoms with Crippen LogP contribution in [-0.4, -0.2) is 28.7 Å². The van der Waals surface area contributed by atoms with Crippen LogP contribution in [0.25, 0.3) is 0 Å². The first kappa shape index (κ1) is 14.1. The van der Waals surface area contributed by atoms with Gasteiger partial charge < -0.3 is 10.5 Å². The van der Waals surface area contributed by atoms with Crippen LogP contribution >= 0.6 is 0 Å². The minimum atomic E-state index is -3.29. The summed E-state index contributed by atoms with van der Waals surface area (Å²) >= 11 is 0. The van der Waals surface area contributed by atoms with E-state index in [1.807, 2.05) is 12.1 Å². The maximum atomic E-state index is 11.6. The van der Waals surface area contributed by atoms with Gasteiger partial charge in [0.1, 0.15) is 0 Å². The van der Waals surface area contributed by atoms with Gasteiger partial charge >= 0.3 is 0 Å². The molecule has 3 N–H and O–H groups in total. The van der Waals surface area contributed by atoms with Gasteiger partial charge in [0.05, 0.1) is 12.4 Å². The second-order valence-electron chi connectivity index (χ2n) is 3.67. The highest BCUT2D eigenvalue weighted by atomic mass is 32.2. The molecular weight excluding hydrogens is 240 g/mol. The van der Waals surface area contributed by atoms with Crippen LogP contribution in [0.2, 0.25) is 0 Å². The van der Waals surface area contributed by atoms with E-state index in [4.69, 9.17) is 10.5 Å². The van der Waals surface area contributed by atoms with E-state index in [2.05, 4.69) is 4.72 Å². The lowest BCUT2D eigenvalue weighted by molar-refractivity contribution is 0.204. The van der Waals surface area contributed by atoms with Crippen LogP contribution in [-0.2, 0) is 27.1 Å². The molecule has 0 aliphatic carbocycles. The van der Waals surface area contributed by atoms with Crippen LogP contribution in [0.3, 0.4) is 0 Å². The van der Waals surface area contributed by atoms with Crippen molar-refractivity contribution in [2.24, 2.45) is 5.73 Å². The van der Waals surface area contributed by atoms with Crippen LogP contribution in [0.15, 0.2) is 24.3 Å². The Labute approximate surface area is 102 Å². The molecule has 5 nitrogen and oxygen atoms in total. The topological polar surface area (TPSA) is 81.4 Å². The van der Waals surface area contributed by atoms with Gasteiger partial charge in [-0.25, -0.2) is 13.1 Å². The fraction of sp³-hybridized carbons (Fsp3) is 0.455. The van der Waals surface area contributed by atoms with Crippen LogP contribution in [0.5, 0.6) is 0 Å². The van der Waals surface area contributed by atoms with Gasteiger partial charge in [0, 0.05) is 20.2 Å². The zero-order valence-corrected chi connectivity index (χ0v) is 10.7. The zero-order valence-electron chi connectivity index (χ0n) is 9.85. The Morgan fingerprint density at radius 3 is 2.35 bits per heavy atom. The average Bonchev–Trinajstić information content (AvgIpc) is 2.30. The summed E-state index contributed by atoms with van der Waals surface area (Å²) in [6.07, 6.45) is 0. The number of hydrogen-bond acceptors (Lipinski definition) is 4. The van der Waals surface area contributed by atoms with Crippen molar-refractivity contribution in [2.75, 3.05) is 20.3 Å². The summed E-state index contributed by atoms with van der Waals surface area (Å²) in [7, 11) is -1.76. The first-order chi connectivity index (χ1) is 8.07. The van der Waals surface area contributed by atoms with E-state index < -0.39 is 10.0 Å². The molecule has 96 valence electrons. The van der Waals surface area contributed by atoms with Crippen molar-refractivity contribution >= 4 is 10.0 Å². The molecule has 1 aromatic rings. The first-order valence-corrected chi connectivity index (χ1v) is 6.97. The predicted octanol–water partition coefficient (Wildman–Crippen LogP) is 0.211. The van der Waals surface area contributed by atoms with Crippen molar-refractivity contribution in [1.29, 1.82) is 0 Å². The Bertz CT molecular complexity index is 429. The molecule has 6 heteroatoms. The van der Waals surface area contributed by atoms with Gasteiger partial charge in [-0.05, 0) is 11.1 Å². The Morgan fingerprint density at radius 2 is 1.82 bits per heavy atom. The van der Waals surface area contributed by atoms with E-state index >= 15 is 0 Å². The number of nitrogens with one attached hydrogen (secondary N) is 1. The lowest BCUT2D eigenvalue weighted by atomic mass is 10.1. The van der Waals surface area contributed by atoms with Gasteiger partial charge in [-0.15, -0.1) is 0 Å². The smallest absolute Gasteiger partial charge is 0.215 e. The lowest BCUT2D eigenvalue weighted by Gasteiger charge is -2.06. The fourth-order valence-electron chi connectivity index (χ4n) is 1.34. The van der Waals surface area contributed by atoms with Crippen molar-refractivity contribution in [3.63, 3.8) is 0 Å². The molecule has 0 unspecified atom stereocenters. The molecule has 0 heterocycles. The molecule has 0 saturated heterocycles. The Balaban J connectivity index is 2.56. The monoisotopic (exact) mass is 258 g/mol. The van der Waals surface area contributed by atoms with Crippen LogP contribution < -0.4 is 10.5 Å². The molecule has 0 atom stereocenters. The van der Waals surface area contributed by atoms with E-state index in [9.17, 15) is 8.42 Å². The summed E-state index contributed by atoms with van der Waals surface area (Å²) in [5.41, 5.74) is 7.19. The minimum absolute atomic E-state index is 0.0262. The van der Waals surface area contributed by atoms with Gasteiger partial charge in [0.15, 0.2) is 0 Å². The number of rotatable bonds is 7. The van der Waals surface area contributed by atoms with Gasteiger partial charge in [-0.3, -0.25) is 0 Å². The highest BCUT2D eigenvalue weighted by molar-refractivity contribution is 7.88. The SMILES string of the molecule is COCCNS(=O)(=O)Cc1ccc(CN)cc1. The molecule has 0 amide bonds. The number of hydrogen-bond donors (Lipinski definition) is 2. The highest BCUT2D eigenvalue weighted by Crippen LogP contribution is 2.07. The van der Waals surface area contributed by atoms with E-state index in [-0.39, 0.29) is 5.75 Å². The summed E-state index contributed by atoms with van der Waals surface area (Å²) in [4.78, 5) is 0. The molecule has 17 heavy (non-hydrogen) atoms. The van der Waals surface area contributed by atoms with Crippen LogP contribution in [0, 0.1) is 0 Å².